The van der Waals surface area contributed by atoms with Crippen LogP contribution in [0.3, 0.4) is 0 Å². The molecular formula is C21H18ClN5O2. The number of ether oxygens (including phenoxy) is 1. The Balaban J connectivity index is 1.47. The molecule has 4 aromatic rings. The molecule has 0 unspecified atom stereocenters. The van der Waals surface area contributed by atoms with E-state index in [1.54, 1.807) is 23.6 Å². The number of nitrogens with one attached hydrogen (secondary N) is 1. The quantitative estimate of drug-likeness (QED) is 0.528. The number of nitrogens with zero attached hydrogens (tertiary/aromatic N) is 4. The van der Waals surface area contributed by atoms with E-state index in [1.165, 1.54) is 0 Å². The normalized spacial score (nSPS) is 11.9. The van der Waals surface area contributed by atoms with Crippen LogP contribution in [0.1, 0.15) is 12.7 Å². The number of para-hydroxylation sites is 1. The molecule has 0 spiro atoms. The summed E-state index contributed by atoms with van der Waals surface area (Å²) in [6.45, 7) is 1.88. The fourth-order valence-electron chi connectivity index (χ4n) is 2.78. The van der Waals surface area contributed by atoms with Crippen molar-refractivity contribution in [2.24, 2.45) is 0 Å². The minimum Gasteiger partial charge on any atom is -0.481 e. The monoisotopic (exact) mass is 407 g/mol. The predicted molar refractivity (Wildman–Crippen MR) is 110 cm³/mol. The molecule has 0 fully saturated rings. The smallest absolute Gasteiger partial charge is 0.261 e. The van der Waals surface area contributed by atoms with Gasteiger partial charge in [0.2, 0.25) is 0 Å². The number of carbonyl (C=O) groups excluding carboxylic acids is 1. The highest BCUT2D eigenvalue weighted by atomic mass is 35.5. The average molecular weight is 408 g/mol. The van der Waals surface area contributed by atoms with Crippen LogP contribution in [0, 0.1) is 0 Å². The van der Waals surface area contributed by atoms with Crippen molar-refractivity contribution >= 4 is 23.2 Å². The molecule has 2 aromatic heterocycles. The molecule has 0 radical (unpaired) electrons. The van der Waals surface area contributed by atoms with Crippen molar-refractivity contribution in [2.75, 3.05) is 0 Å². The maximum atomic E-state index is 12.4. The highest BCUT2D eigenvalue weighted by Crippen LogP contribution is 2.20. The lowest BCUT2D eigenvalue weighted by molar-refractivity contribution is -0.127. The molecule has 4 rings (SSSR count). The molecule has 146 valence electrons. The number of hydrogen-bond acceptors (Lipinski definition) is 5. The van der Waals surface area contributed by atoms with Crippen LogP contribution in [0.15, 0.2) is 66.7 Å². The zero-order chi connectivity index (χ0) is 20.2. The number of fused-ring (bicyclic) bond motifs is 1. The number of amides is 1. The topological polar surface area (TPSA) is 81.4 Å². The van der Waals surface area contributed by atoms with Gasteiger partial charge in [-0.1, -0.05) is 41.9 Å². The second kappa shape index (κ2) is 8.28. The predicted octanol–water partition coefficient (Wildman–Crippen LogP) is 3.53. The molecule has 8 heteroatoms. The summed E-state index contributed by atoms with van der Waals surface area (Å²) in [5, 5.41) is 16.3. The summed E-state index contributed by atoms with van der Waals surface area (Å²) in [5.74, 6) is 0.910. The molecule has 0 bridgehead atoms. The Hall–Kier alpha value is -3.45. The summed E-state index contributed by atoms with van der Waals surface area (Å²) in [6, 6.07) is 20.3. The van der Waals surface area contributed by atoms with Gasteiger partial charge < -0.3 is 10.1 Å². The van der Waals surface area contributed by atoms with E-state index >= 15 is 0 Å². The number of rotatable bonds is 6. The van der Waals surface area contributed by atoms with E-state index < -0.39 is 6.10 Å². The summed E-state index contributed by atoms with van der Waals surface area (Å²) in [6.07, 6.45) is -0.644. The Kier molecular flexibility index (Phi) is 5.39. The molecule has 7 nitrogen and oxygen atoms in total. The van der Waals surface area contributed by atoms with Gasteiger partial charge in [0, 0.05) is 10.6 Å². The Morgan fingerprint density at radius 1 is 1.07 bits per heavy atom. The van der Waals surface area contributed by atoms with Gasteiger partial charge in [-0.25, -0.2) is 0 Å². The lowest BCUT2D eigenvalue weighted by Gasteiger charge is -2.14. The Morgan fingerprint density at radius 2 is 1.83 bits per heavy atom. The van der Waals surface area contributed by atoms with Gasteiger partial charge in [-0.3, -0.25) is 4.79 Å². The van der Waals surface area contributed by atoms with E-state index in [0.717, 1.165) is 11.3 Å². The van der Waals surface area contributed by atoms with Crippen LogP contribution in [0.5, 0.6) is 5.75 Å². The minimum absolute atomic E-state index is 0.180. The SMILES string of the molecule is C[C@@H](Oc1ccccc1)C(=O)NCc1nnc2ccc(-c3ccc(Cl)cc3)nn12. The van der Waals surface area contributed by atoms with Crippen molar-refractivity contribution in [3.05, 3.63) is 77.6 Å². The number of hydrogen-bond donors (Lipinski definition) is 1. The zero-order valence-corrected chi connectivity index (χ0v) is 16.4. The van der Waals surface area contributed by atoms with Crippen molar-refractivity contribution in [3.63, 3.8) is 0 Å². The molecule has 0 aliphatic carbocycles. The lowest BCUT2D eigenvalue weighted by Crippen LogP contribution is -2.36. The Bertz CT molecular complexity index is 1130. The zero-order valence-electron chi connectivity index (χ0n) is 15.6. The van der Waals surface area contributed by atoms with Crippen molar-refractivity contribution in [2.45, 2.75) is 19.6 Å². The highest BCUT2D eigenvalue weighted by Gasteiger charge is 2.16. The molecule has 0 aliphatic rings. The molecule has 0 saturated carbocycles. The average Bonchev–Trinajstić information content (AvgIpc) is 3.15. The second-order valence-electron chi connectivity index (χ2n) is 6.40. The first-order valence-corrected chi connectivity index (χ1v) is 9.44. The summed E-state index contributed by atoms with van der Waals surface area (Å²) in [5.41, 5.74) is 2.27. The van der Waals surface area contributed by atoms with Gasteiger partial charge >= 0.3 is 0 Å². The van der Waals surface area contributed by atoms with Crippen LogP contribution in [0.2, 0.25) is 5.02 Å². The number of benzene rings is 2. The molecular weight excluding hydrogens is 390 g/mol. The summed E-state index contributed by atoms with van der Waals surface area (Å²) in [7, 11) is 0. The molecule has 1 atom stereocenters. The molecule has 1 N–H and O–H groups in total. The number of carbonyl (C=O) groups is 1. The number of halogens is 1. The fourth-order valence-corrected chi connectivity index (χ4v) is 2.91. The van der Waals surface area contributed by atoms with Crippen LogP contribution in [-0.2, 0) is 11.3 Å². The van der Waals surface area contributed by atoms with E-state index in [2.05, 4.69) is 20.6 Å². The molecule has 1 amide bonds. The molecule has 29 heavy (non-hydrogen) atoms. The van der Waals surface area contributed by atoms with Crippen LogP contribution in [-0.4, -0.2) is 31.8 Å². The highest BCUT2D eigenvalue weighted by molar-refractivity contribution is 6.30. The van der Waals surface area contributed by atoms with Gasteiger partial charge in [0.1, 0.15) is 5.75 Å². The first-order valence-electron chi connectivity index (χ1n) is 9.07. The third kappa shape index (κ3) is 4.35. The van der Waals surface area contributed by atoms with Crippen LogP contribution < -0.4 is 10.1 Å². The largest absolute Gasteiger partial charge is 0.481 e. The third-order valence-electron chi connectivity index (χ3n) is 4.31. The maximum Gasteiger partial charge on any atom is 0.261 e. The van der Waals surface area contributed by atoms with Gasteiger partial charge in [0.25, 0.3) is 5.91 Å². The van der Waals surface area contributed by atoms with E-state index in [-0.39, 0.29) is 12.5 Å². The Morgan fingerprint density at radius 3 is 2.59 bits per heavy atom. The summed E-state index contributed by atoms with van der Waals surface area (Å²) in [4.78, 5) is 12.4. The van der Waals surface area contributed by atoms with Crippen molar-refractivity contribution < 1.29 is 9.53 Å². The van der Waals surface area contributed by atoms with Crippen molar-refractivity contribution in [3.8, 4) is 17.0 Å². The lowest BCUT2D eigenvalue weighted by atomic mass is 10.1. The first-order chi connectivity index (χ1) is 14.1. The van der Waals surface area contributed by atoms with E-state index in [0.29, 0.717) is 22.2 Å². The van der Waals surface area contributed by atoms with Crippen LogP contribution >= 0.6 is 11.6 Å². The molecule has 0 aliphatic heterocycles. The number of aromatic nitrogens is 4. The van der Waals surface area contributed by atoms with E-state index in [1.807, 2.05) is 54.6 Å². The van der Waals surface area contributed by atoms with Gasteiger partial charge in [-0.05, 0) is 43.3 Å². The van der Waals surface area contributed by atoms with Crippen molar-refractivity contribution in [1.82, 2.24) is 25.1 Å². The minimum atomic E-state index is -0.644. The van der Waals surface area contributed by atoms with Crippen molar-refractivity contribution in [1.29, 1.82) is 0 Å². The maximum absolute atomic E-state index is 12.4. The van der Waals surface area contributed by atoms with Gasteiger partial charge in [-0.15, -0.1) is 10.2 Å². The van der Waals surface area contributed by atoms with Gasteiger partial charge in [0.15, 0.2) is 17.6 Å². The van der Waals surface area contributed by atoms with Gasteiger partial charge in [-0.2, -0.15) is 9.61 Å². The van der Waals surface area contributed by atoms with Crippen LogP contribution in [0.4, 0.5) is 0 Å². The molecule has 0 saturated heterocycles. The molecule has 2 aromatic carbocycles. The van der Waals surface area contributed by atoms with Gasteiger partial charge in [0.05, 0.1) is 12.2 Å². The summed E-state index contributed by atoms with van der Waals surface area (Å²) >= 11 is 5.95. The standard InChI is InChI=1S/C21H18ClN5O2/c1-14(29-17-5-3-2-4-6-17)21(28)23-13-20-25-24-19-12-11-18(26-27(19)20)15-7-9-16(22)10-8-15/h2-12,14H,13H2,1H3,(H,23,28)/t14-/m1/s1. The summed E-state index contributed by atoms with van der Waals surface area (Å²) < 4.78 is 7.26. The van der Waals surface area contributed by atoms with E-state index in [4.69, 9.17) is 16.3 Å². The Labute approximate surface area is 172 Å². The second-order valence-corrected chi connectivity index (χ2v) is 6.84. The fraction of sp³-hybridized carbons (Fsp3) is 0.143. The first kappa shape index (κ1) is 18.9. The van der Waals surface area contributed by atoms with E-state index in [9.17, 15) is 4.79 Å². The third-order valence-corrected chi connectivity index (χ3v) is 4.57. The molecule has 2 heterocycles. The van der Waals surface area contributed by atoms with Crippen LogP contribution in [0.25, 0.3) is 16.9 Å².